The Balaban J connectivity index is 1.96. The summed E-state index contributed by atoms with van der Waals surface area (Å²) in [5.41, 5.74) is 1.82. The minimum absolute atomic E-state index is 0.154. The first-order valence-electron chi connectivity index (χ1n) is 7.40. The summed E-state index contributed by atoms with van der Waals surface area (Å²) in [7, 11) is 0. The molecule has 1 heterocycles. The maximum absolute atomic E-state index is 12.3. The van der Waals surface area contributed by atoms with E-state index in [2.05, 4.69) is 5.32 Å². The quantitative estimate of drug-likeness (QED) is 0.871. The Labute approximate surface area is 125 Å². The minimum atomic E-state index is -0.207. The summed E-state index contributed by atoms with van der Waals surface area (Å²) < 4.78 is 5.05. The van der Waals surface area contributed by atoms with E-state index in [1.54, 1.807) is 11.8 Å². The van der Waals surface area contributed by atoms with Gasteiger partial charge < -0.3 is 15.0 Å². The van der Waals surface area contributed by atoms with E-state index in [1.807, 2.05) is 31.2 Å². The number of hydrogen-bond donors (Lipinski definition) is 1. The molecule has 0 bridgehead atoms. The van der Waals surface area contributed by atoms with Gasteiger partial charge in [-0.05, 0) is 38.3 Å². The molecule has 1 aromatic rings. The Bertz CT molecular complexity index is 516. The van der Waals surface area contributed by atoms with Gasteiger partial charge in [-0.25, -0.2) is 4.79 Å². The van der Waals surface area contributed by atoms with Crippen molar-refractivity contribution in [1.29, 1.82) is 0 Å². The third-order valence-corrected chi connectivity index (χ3v) is 3.72. The van der Waals surface area contributed by atoms with Crippen molar-refractivity contribution in [2.24, 2.45) is 5.92 Å². The van der Waals surface area contributed by atoms with Crippen molar-refractivity contribution in [2.45, 2.75) is 26.7 Å². The number of carbonyl (C=O) groups excluding carboxylic acids is 2. The van der Waals surface area contributed by atoms with E-state index < -0.39 is 0 Å². The van der Waals surface area contributed by atoms with E-state index in [0.717, 1.165) is 24.1 Å². The number of esters is 1. The Hall–Kier alpha value is -2.04. The van der Waals surface area contributed by atoms with Crippen LogP contribution >= 0.6 is 0 Å². The summed E-state index contributed by atoms with van der Waals surface area (Å²) in [6.07, 6.45) is 1.61. The van der Waals surface area contributed by atoms with Gasteiger partial charge in [0, 0.05) is 18.8 Å². The van der Waals surface area contributed by atoms with E-state index in [9.17, 15) is 9.59 Å². The second kappa shape index (κ2) is 7.11. The van der Waals surface area contributed by atoms with Gasteiger partial charge in [0.1, 0.15) is 0 Å². The Morgan fingerprint density at radius 2 is 2.14 bits per heavy atom. The van der Waals surface area contributed by atoms with Gasteiger partial charge in [-0.3, -0.25) is 4.79 Å². The topological polar surface area (TPSA) is 58.6 Å². The molecule has 5 heteroatoms. The summed E-state index contributed by atoms with van der Waals surface area (Å²) in [6, 6.07) is 7.49. The Kier molecular flexibility index (Phi) is 5.20. The zero-order valence-electron chi connectivity index (χ0n) is 12.6. The fourth-order valence-corrected chi connectivity index (χ4v) is 2.52. The van der Waals surface area contributed by atoms with Crippen molar-refractivity contribution in [2.75, 3.05) is 25.0 Å². The lowest BCUT2D eigenvalue weighted by atomic mass is 9.98. The monoisotopic (exact) mass is 290 g/mol. The van der Waals surface area contributed by atoms with Crippen LogP contribution in [0.1, 0.15) is 25.3 Å². The van der Waals surface area contributed by atoms with Crippen LogP contribution in [0.15, 0.2) is 24.3 Å². The van der Waals surface area contributed by atoms with Crippen molar-refractivity contribution in [3.8, 4) is 0 Å². The molecule has 1 aliphatic heterocycles. The number of para-hydroxylation sites is 1. The fraction of sp³-hybridized carbons (Fsp3) is 0.500. The van der Waals surface area contributed by atoms with E-state index in [1.165, 1.54) is 0 Å². The van der Waals surface area contributed by atoms with Gasteiger partial charge in [-0.1, -0.05) is 18.2 Å². The number of nitrogens with zero attached hydrogens (tertiary/aromatic N) is 1. The third-order valence-electron chi connectivity index (χ3n) is 3.72. The molecule has 0 radical (unpaired) electrons. The standard InChI is InChI=1S/C16H22N2O3/c1-3-21-15(19)13-8-6-10-18(11-13)16(20)17-14-9-5-4-7-12(14)2/h4-5,7,9,13H,3,6,8,10-11H2,1-2H3,(H,17,20). The average molecular weight is 290 g/mol. The van der Waals surface area contributed by atoms with Crippen LogP contribution in [0.4, 0.5) is 10.5 Å². The normalized spacial score (nSPS) is 18.2. The molecule has 0 aromatic heterocycles. The molecule has 1 saturated heterocycles. The molecule has 21 heavy (non-hydrogen) atoms. The van der Waals surface area contributed by atoms with Crippen LogP contribution in [-0.2, 0) is 9.53 Å². The SMILES string of the molecule is CCOC(=O)C1CCCN(C(=O)Nc2ccccc2C)C1. The molecule has 1 fully saturated rings. The van der Waals surface area contributed by atoms with Crippen LogP contribution in [0.2, 0.25) is 0 Å². The highest BCUT2D eigenvalue weighted by Crippen LogP contribution is 2.20. The molecule has 2 amide bonds. The molecule has 114 valence electrons. The minimum Gasteiger partial charge on any atom is -0.466 e. The predicted molar refractivity (Wildman–Crippen MR) is 81.1 cm³/mol. The number of carbonyl (C=O) groups is 2. The van der Waals surface area contributed by atoms with Crippen LogP contribution in [0.5, 0.6) is 0 Å². The largest absolute Gasteiger partial charge is 0.466 e. The number of likely N-dealkylation sites (tertiary alicyclic amines) is 1. The second-order valence-electron chi connectivity index (χ2n) is 5.28. The molecule has 1 aromatic carbocycles. The molecule has 0 spiro atoms. The van der Waals surface area contributed by atoms with Gasteiger partial charge in [-0.15, -0.1) is 0 Å². The molecule has 1 aliphatic rings. The molecule has 1 N–H and O–H groups in total. The molecule has 0 saturated carbocycles. The average Bonchev–Trinajstić information content (AvgIpc) is 2.50. The van der Waals surface area contributed by atoms with Crippen molar-refractivity contribution >= 4 is 17.7 Å². The lowest BCUT2D eigenvalue weighted by Crippen LogP contribution is -2.44. The highest BCUT2D eigenvalue weighted by atomic mass is 16.5. The number of anilines is 1. The number of benzene rings is 1. The number of urea groups is 1. The van der Waals surface area contributed by atoms with Crippen LogP contribution in [0, 0.1) is 12.8 Å². The highest BCUT2D eigenvalue weighted by Gasteiger charge is 2.29. The van der Waals surface area contributed by atoms with Gasteiger partial charge in [0.2, 0.25) is 0 Å². The number of piperidine rings is 1. The van der Waals surface area contributed by atoms with E-state index in [0.29, 0.717) is 19.7 Å². The zero-order chi connectivity index (χ0) is 15.2. The number of nitrogens with one attached hydrogen (secondary N) is 1. The van der Waals surface area contributed by atoms with E-state index >= 15 is 0 Å². The maximum Gasteiger partial charge on any atom is 0.321 e. The number of rotatable bonds is 3. The van der Waals surface area contributed by atoms with Gasteiger partial charge in [0.25, 0.3) is 0 Å². The molecule has 0 aliphatic carbocycles. The molecular weight excluding hydrogens is 268 g/mol. The lowest BCUT2D eigenvalue weighted by Gasteiger charge is -2.31. The maximum atomic E-state index is 12.3. The van der Waals surface area contributed by atoms with Crippen molar-refractivity contribution < 1.29 is 14.3 Å². The van der Waals surface area contributed by atoms with Crippen LogP contribution in [0.25, 0.3) is 0 Å². The Morgan fingerprint density at radius 1 is 1.38 bits per heavy atom. The summed E-state index contributed by atoms with van der Waals surface area (Å²) in [4.78, 5) is 25.8. The fourth-order valence-electron chi connectivity index (χ4n) is 2.52. The van der Waals surface area contributed by atoms with Crippen molar-refractivity contribution in [1.82, 2.24) is 4.90 Å². The summed E-state index contributed by atoms with van der Waals surface area (Å²) in [5, 5.41) is 2.91. The third kappa shape index (κ3) is 3.97. The lowest BCUT2D eigenvalue weighted by molar-refractivity contribution is -0.149. The highest BCUT2D eigenvalue weighted by molar-refractivity contribution is 5.90. The van der Waals surface area contributed by atoms with Gasteiger partial charge in [0.05, 0.1) is 12.5 Å². The smallest absolute Gasteiger partial charge is 0.321 e. The van der Waals surface area contributed by atoms with E-state index in [-0.39, 0.29) is 17.9 Å². The zero-order valence-corrected chi connectivity index (χ0v) is 12.6. The Morgan fingerprint density at radius 3 is 2.86 bits per heavy atom. The number of hydrogen-bond acceptors (Lipinski definition) is 3. The first kappa shape index (κ1) is 15.4. The van der Waals surface area contributed by atoms with Gasteiger partial charge in [0.15, 0.2) is 0 Å². The number of ether oxygens (including phenoxy) is 1. The first-order chi connectivity index (χ1) is 10.1. The predicted octanol–water partition coefficient (Wildman–Crippen LogP) is 2.80. The number of aryl methyl sites for hydroxylation is 1. The second-order valence-corrected chi connectivity index (χ2v) is 5.28. The van der Waals surface area contributed by atoms with Gasteiger partial charge >= 0.3 is 12.0 Å². The molecule has 5 nitrogen and oxygen atoms in total. The molecule has 2 rings (SSSR count). The summed E-state index contributed by atoms with van der Waals surface area (Å²) in [5.74, 6) is -0.410. The molecular formula is C16H22N2O3. The summed E-state index contributed by atoms with van der Waals surface area (Å²) in [6.45, 7) is 5.23. The molecule has 1 unspecified atom stereocenters. The van der Waals surface area contributed by atoms with Gasteiger partial charge in [-0.2, -0.15) is 0 Å². The van der Waals surface area contributed by atoms with Crippen molar-refractivity contribution in [3.05, 3.63) is 29.8 Å². The van der Waals surface area contributed by atoms with Crippen LogP contribution in [-0.4, -0.2) is 36.6 Å². The van der Waals surface area contributed by atoms with Crippen LogP contribution < -0.4 is 5.32 Å². The van der Waals surface area contributed by atoms with Crippen LogP contribution in [0.3, 0.4) is 0 Å². The van der Waals surface area contributed by atoms with E-state index in [4.69, 9.17) is 4.74 Å². The molecule has 1 atom stereocenters. The van der Waals surface area contributed by atoms with Crippen molar-refractivity contribution in [3.63, 3.8) is 0 Å². The first-order valence-corrected chi connectivity index (χ1v) is 7.40. The summed E-state index contributed by atoms with van der Waals surface area (Å²) >= 11 is 0. The number of amides is 2.